The SMILES string of the molecule is CCc1ccccc1NC(=O)CN(C)C(=O)C(C)Sc1nnc(-c2ccc(OC)cc2)o1. The largest absolute Gasteiger partial charge is 0.497 e. The monoisotopic (exact) mass is 454 g/mol. The number of hydrogen-bond donors (Lipinski definition) is 1. The van der Waals surface area contributed by atoms with Crippen molar-refractivity contribution in [2.45, 2.75) is 30.7 Å². The lowest BCUT2D eigenvalue weighted by atomic mass is 10.1. The number of carbonyl (C=O) groups is 2. The molecule has 1 atom stereocenters. The van der Waals surface area contributed by atoms with Crippen molar-refractivity contribution in [3.05, 3.63) is 54.1 Å². The van der Waals surface area contributed by atoms with Crippen molar-refractivity contribution in [3.8, 4) is 17.2 Å². The van der Waals surface area contributed by atoms with Crippen LogP contribution < -0.4 is 10.1 Å². The van der Waals surface area contributed by atoms with E-state index in [1.807, 2.05) is 43.3 Å². The molecule has 8 nitrogen and oxygen atoms in total. The molecular weight excluding hydrogens is 428 g/mol. The first-order valence-corrected chi connectivity index (χ1v) is 11.1. The van der Waals surface area contributed by atoms with Gasteiger partial charge in [0.15, 0.2) is 0 Å². The molecule has 0 saturated carbocycles. The summed E-state index contributed by atoms with van der Waals surface area (Å²) in [6.07, 6.45) is 0.807. The third-order valence-corrected chi connectivity index (χ3v) is 5.72. The number of carbonyl (C=O) groups excluding carboxylic acids is 2. The van der Waals surface area contributed by atoms with E-state index in [2.05, 4.69) is 15.5 Å². The second-order valence-corrected chi connectivity index (χ2v) is 8.41. The number of thioether (sulfide) groups is 1. The lowest BCUT2D eigenvalue weighted by molar-refractivity contribution is -0.132. The number of likely N-dealkylation sites (N-methyl/N-ethyl adjacent to an activating group) is 1. The summed E-state index contributed by atoms with van der Waals surface area (Å²) in [5.41, 5.74) is 2.56. The Balaban J connectivity index is 1.55. The van der Waals surface area contributed by atoms with Crippen molar-refractivity contribution in [2.24, 2.45) is 0 Å². The lowest BCUT2D eigenvalue weighted by Gasteiger charge is -2.20. The number of nitrogens with zero attached hydrogens (tertiary/aromatic N) is 3. The summed E-state index contributed by atoms with van der Waals surface area (Å²) in [6, 6.07) is 14.9. The van der Waals surface area contributed by atoms with Gasteiger partial charge in [-0.25, -0.2) is 0 Å². The molecule has 0 saturated heterocycles. The van der Waals surface area contributed by atoms with Gasteiger partial charge in [0.25, 0.3) is 5.22 Å². The zero-order valence-electron chi connectivity index (χ0n) is 18.5. The van der Waals surface area contributed by atoms with Gasteiger partial charge in [0.2, 0.25) is 17.7 Å². The van der Waals surface area contributed by atoms with Crippen LogP contribution >= 0.6 is 11.8 Å². The molecule has 0 spiro atoms. The van der Waals surface area contributed by atoms with Crippen LogP contribution in [0.25, 0.3) is 11.5 Å². The first kappa shape index (κ1) is 23.3. The summed E-state index contributed by atoms with van der Waals surface area (Å²) >= 11 is 1.15. The number of benzene rings is 2. The number of anilines is 1. The van der Waals surface area contributed by atoms with Crippen molar-refractivity contribution in [1.29, 1.82) is 0 Å². The minimum absolute atomic E-state index is 0.0529. The van der Waals surface area contributed by atoms with Crippen molar-refractivity contribution < 1.29 is 18.7 Å². The summed E-state index contributed by atoms with van der Waals surface area (Å²) in [5, 5.41) is 10.7. The van der Waals surface area contributed by atoms with Gasteiger partial charge >= 0.3 is 0 Å². The third-order valence-electron chi connectivity index (χ3n) is 4.80. The molecule has 1 heterocycles. The van der Waals surface area contributed by atoms with E-state index in [0.29, 0.717) is 5.89 Å². The number of para-hydroxylation sites is 1. The van der Waals surface area contributed by atoms with Crippen LogP contribution in [-0.4, -0.2) is 52.9 Å². The molecule has 3 rings (SSSR count). The number of rotatable bonds is 9. The fourth-order valence-electron chi connectivity index (χ4n) is 3.05. The number of hydrogen-bond acceptors (Lipinski definition) is 7. The molecule has 168 valence electrons. The second kappa shape index (κ2) is 10.8. The van der Waals surface area contributed by atoms with E-state index >= 15 is 0 Å². The zero-order chi connectivity index (χ0) is 23.1. The molecule has 0 fully saturated rings. The van der Waals surface area contributed by atoms with Crippen molar-refractivity contribution in [1.82, 2.24) is 15.1 Å². The third kappa shape index (κ3) is 5.88. The Kier molecular flexibility index (Phi) is 7.88. The molecule has 1 N–H and O–H groups in total. The van der Waals surface area contributed by atoms with Gasteiger partial charge in [-0.2, -0.15) is 0 Å². The topological polar surface area (TPSA) is 97.6 Å². The quantitative estimate of drug-likeness (QED) is 0.490. The Morgan fingerprint density at radius 2 is 1.88 bits per heavy atom. The predicted octanol–water partition coefficient (Wildman–Crippen LogP) is 3.89. The van der Waals surface area contributed by atoms with E-state index in [-0.39, 0.29) is 23.6 Å². The summed E-state index contributed by atoms with van der Waals surface area (Å²) < 4.78 is 10.8. The number of methoxy groups -OCH3 is 1. The highest BCUT2D eigenvalue weighted by atomic mass is 32.2. The highest BCUT2D eigenvalue weighted by molar-refractivity contribution is 8.00. The molecule has 2 aromatic carbocycles. The smallest absolute Gasteiger partial charge is 0.277 e. The highest BCUT2D eigenvalue weighted by Crippen LogP contribution is 2.27. The van der Waals surface area contributed by atoms with Crippen LogP contribution in [-0.2, 0) is 16.0 Å². The molecule has 2 amide bonds. The molecule has 1 unspecified atom stereocenters. The highest BCUT2D eigenvalue weighted by Gasteiger charge is 2.23. The minimum Gasteiger partial charge on any atom is -0.497 e. The number of aryl methyl sites for hydroxylation is 1. The Bertz CT molecular complexity index is 1070. The maximum atomic E-state index is 12.7. The first-order valence-electron chi connectivity index (χ1n) is 10.2. The number of nitrogens with one attached hydrogen (secondary N) is 1. The van der Waals surface area contributed by atoms with Crippen LogP contribution in [0.3, 0.4) is 0 Å². The van der Waals surface area contributed by atoms with E-state index < -0.39 is 5.25 Å². The Hall–Kier alpha value is -3.33. The minimum atomic E-state index is -0.500. The van der Waals surface area contributed by atoms with Gasteiger partial charge in [-0.05, 0) is 49.2 Å². The van der Waals surface area contributed by atoms with Gasteiger partial charge in [0.05, 0.1) is 18.9 Å². The Morgan fingerprint density at radius 1 is 1.16 bits per heavy atom. The average Bonchev–Trinajstić information content (AvgIpc) is 3.27. The first-order chi connectivity index (χ1) is 15.4. The van der Waals surface area contributed by atoms with Crippen molar-refractivity contribution >= 4 is 29.3 Å². The van der Waals surface area contributed by atoms with Crippen molar-refractivity contribution in [3.63, 3.8) is 0 Å². The zero-order valence-corrected chi connectivity index (χ0v) is 19.3. The molecule has 0 aliphatic rings. The molecule has 0 aliphatic carbocycles. The molecule has 3 aromatic rings. The Labute approximate surface area is 191 Å². The van der Waals surface area contributed by atoms with Crippen molar-refractivity contribution in [2.75, 3.05) is 26.0 Å². The molecule has 9 heteroatoms. The van der Waals surface area contributed by atoms with Crippen LogP contribution in [0.2, 0.25) is 0 Å². The van der Waals surface area contributed by atoms with Crippen LogP contribution in [0.15, 0.2) is 58.2 Å². The van der Waals surface area contributed by atoms with Gasteiger partial charge in [-0.3, -0.25) is 9.59 Å². The van der Waals surface area contributed by atoms with E-state index in [0.717, 1.165) is 40.7 Å². The fourth-order valence-corrected chi connectivity index (χ4v) is 3.85. The summed E-state index contributed by atoms with van der Waals surface area (Å²) in [5.74, 6) is 0.626. The standard InChI is InChI=1S/C23H26N4O4S/c1-5-16-8-6-7-9-19(16)24-20(28)14-27(3)22(29)15(2)32-23-26-25-21(31-23)17-10-12-18(30-4)13-11-17/h6-13,15H,5,14H2,1-4H3,(H,24,28). The van der Waals surface area contributed by atoms with Crippen LogP contribution in [0, 0.1) is 0 Å². The number of aromatic nitrogens is 2. The second-order valence-electron chi connectivity index (χ2n) is 7.11. The number of amides is 2. The van der Waals surface area contributed by atoms with Crippen LogP contribution in [0.4, 0.5) is 5.69 Å². The predicted molar refractivity (Wildman–Crippen MR) is 124 cm³/mol. The fraction of sp³-hybridized carbons (Fsp3) is 0.304. The van der Waals surface area contributed by atoms with Gasteiger partial charge in [-0.15, -0.1) is 10.2 Å². The molecule has 0 bridgehead atoms. The summed E-state index contributed by atoms with van der Waals surface area (Å²) in [6.45, 7) is 3.71. The Morgan fingerprint density at radius 3 is 2.56 bits per heavy atom. The maximum Gasteiger partial charge on any atom is 0.277 e. The molecule has 0 radical (unpaired) electrons. The van der Waals surface area contributed by atoms with E-state index in [9.17, 15) is 9.59 Å². The molecule has 0 aliphatic heterocycles. The lowest BCUT2D eigenvalue weighted by Crippen LogP contribution is -2.39. The molecule has 32 heavy (non-hydrogen) atoms. The van der Waals surface area contributed by atoms with Gasteiger partial charge < -0.3 is 19.4 Å². The normalized spacial score (nSPS) is 11.6. The van der Waals surface area contributed by atoms with Gasteiger partial charge in [-0.1, -0.05) is 36.9 Å². The van der Waals surface area contributed by atoms with Gasteiger partial charge in [0, 0.05) is 18.3 Å². The number of ether oxygens (including phenoxy) is 1. The van der Waals surface area contributed by atoms with Crippen LogP contribution in [0.5, 0.6) is 5.75 Å². The summed E-state index contributed by atoms with van der Waals surface area (Å²) in [7, 11) is 3.20. The summed E-state index contributed by atoms with van der Waals surface area (Å²) in [4.78, 5) is 26.5. The van der Waals surface area contributed by atoms with E-state index in [4.69, 9.17) is 9.15 Å². The maximum absolute atomic E-state index is 12.7. The van der Waals surface area contributed by atoms with Gasteiger partial charge in [0.1, 0.15) is 5.75 Å². The molecule has 1 aromatic heterocycles. The average molecular weight is 455 g/mol. The van der Waals surface area contributed by atoms with E-state index in [1.54, 1.807) is 33.2 Å². The molecular formula is C23H26N4O4S. The van der Waals surface area contributed by atoms with E-state index in [1.165, 1.54) is 4.90 Å². The van der Waals surface area contributed by atoms with Crippen LogP contribution in [0.1, 0.15) is 19.4 Å².